The first kappa shape index (κ1) is 25.8. The number of rotatable bonds is 6. The van der Waals surface area contributed by atoms with Crippen LogP contribution < -0.4 is 103 Å². The Morgan fingerprint density at radius 3 is 2.29 bits per heavy atom. The van der Waals surface area contributed by atoms with Crippen molar-refractivity contribution >= 4 is 31.3 Å². The van der Waals surface area contributed by atoms with Crippen LogP contribution >= 0.6 is 0 Å². The second kappa shape index (κ2) is 10.4. The van der Waals surface area contributed by atoms with Crippen molar-refractivity contribution in [1.29, 1.82) is 0 Å². The van der Waals surface area contributed by atoms with E-state index < -0.39 is 25.5 Å². The van der Waals surface area contributed by atoms with Gasteiger partial charge in [0.15, 0.2) is 0 Å². The summed E-state index contributed by atoms with van der Waals surface area (Å²) in [6.07, 6.45) is 0.563. The average Bonchev–Trinajstić information content (AvgIpc) is 2.78. The first-order valence-corrected chi connectivity index (χ1v) is 9.38. The van der Waals surface area contributed by atoms with E-state index in [0.29, 0.717) is 16.9 Å². The number of imidazole rings is 1. The quantitative estimate of drug-likeness (QED) is 0.360. The summed E-state index contributed by atoms with van der Waals surface area (Å²) in [6.45, 7) is 1.62. The molecule has 8 nitrogen and oxygen atoms in total. The first-order valence-electron chi connectivity index (χ1n) is 6.50. The Kier molecular flexibility index (Phi) is 11.1. The van der Waals surface area contributed by atoms with Crippen molar-refractivity contribution in [2.45, 2.75) is 36.3 Å². The molecule has 0 aliphatic rings. The molecule has 2 rings (SSSR count). The maximum atomic E-state index is 11.0. The number of aromatic amines is 1. The molecule has 12 heteroatoms. The number of aromatic nitrogens is 2. The number of benzene rings is 1. The summed E-state index contributed by atoms with van der Waals surface area (Å²) in [5, 5.41) is -0.988. The summed E-state index contributed by atoms with van der Waals surface area (Å²) in [7, 11) is -8.91. The molecule has 122 valence electrons. The van der Waals surface area contributed by atoms with E-state index in [1.807, 2.05) is 0 Å². The largest absolute Gasteiger partial charge is 1.00 e. The van der Waals surface area contributed by atoms with Gasteiger partial charge >= 0.3 is 103 Å². The van der Waals surface area contributed by atoms with Crippen LogP contribution in [-0.2, 0) is 26.7 Å². The molecule has 0 spiro atoms. The van der Waals surface area contributed by atoms with Gasteiger partial charge in [-0.3, -0.25) is 0 Å². The second-order valence-corrected chi connectivity index (χ2v) is 7.91. The van der Waals surface area contributed by atoms with Crippen LogP contribution in [0, 0.1) is 0 Å². The summed E-state index contributed by atoms with van der Waals surface area (Å²) in [6, 6.07) is 3.73. The number of H-pyrrole nitrogens is 1. The summed E-state index contributed by atoms with van der Waals surface area (Å²) in [5.74, 6) is 0.428. The number of fused-ring (bicyclic) bond motifs is 1. The summed E-state index contributed by atoms with van der Waals surface area (Å²) < 4.78 is 65.9. The van der Waals surface area contributed by atoms with Crippen LogP contribution in [0.15, 0.2) is 23.1 Å². The molecule has 0 aliphatic carbocycles. The van der Waals surface area contributed by atoms with Crippen LogP contribution in [-0.4, -0.2) is 41.2 Å². The van der Waals surface area contributed by atoms with E-state index in [-0.39, 0.29) is 127 Å². The van der Waals surface area contributed by atoms with Crippen molar-refractivity contribution in [3.8, 4) is 0 Å². The Balaban J connectivity index is 0.00000264. The minimum atomic E-state index is -4.55. The van der Waals surface area contributed by atoms with Crippen molar-refractivity contribution in [1.82, 2.24) is 9.97 Å². The van der Waals surface area contributed by atoms with Crippen LogP contribution in [0.1, 0.15) is 25.6 Å². The van der Waals surface area contributed by atoms with E-state index in [1.165, 1.54) is 12.1 Å². The van der Waals surface area contributed by atoms with Crippen LogP contribution in [0.3, 0.4) is 0 Å². The van der Waals surface area contributed by atoms with Gasteiger partial charge in [-0.05, 0) is 31.0 Å². The van der Waals surface area contributed by atoms with Gasteiger partial charge in [-0.2, -0.15) is 0 Å². The van der Waals surface area contributed by atoms with Crippen molar-refractivity contribution in [2.24, 2.45) is 0 Å². The fraction of sp³-hybridized carbons (Fsp3) is 0.417. The molecular formula is C12H14K2N2O6S2. The molecule has 24 heavy (non-hydrogen) atoms. The molecule has 2 aromatic rings. The van der Waals surface area contributed by atoms with E-state index in [4.69, 9.17) is 0 Å². The van der Waals surface area contributed by atoms with E-state index in [1.54, 1.807) is 6.92 Å². The first-order chi connectivity index (χ1) is 10.1. The number of nitrogens with one attached hydrogen (secondary N) is 1. The van der Waals surface area contributed by atoms with Gasteiger partial charge in [0.25, 0.3) is 0 Å². The molecule has 1 N–H and O–H groups in total. The SMILES string of the molecule is CCC(CCc1nc2ccc(S(=O)(=O)[O-])cc2[nH]1)S(=O)(=O)[O-].[K+].[K+]. The van der Waals surface area contributed by atoms with Gasteiger partial charge in [0, 0.05) is 11.7 Å². The van der Waals surface area contributed by atoms with Gasteiger partial charge in [0.05, 0.1) is 26.0 Å². The van der Waals surface area contributed by atoms with E-state index in [0.717, 1.165) is 6.07 Å². The monoisotopic (exact) mass is 424 g/mol. The van der Waals surface area contributed by atoms with Crippen molar-refractivity contribution in [3.05, 3.63) is 24.0 Å². The van der Waals surface area contributed by atoms with Crippen molar-refractivity contribution in [3.63, 3.8) is 0 Å². The zero-order valence-electron chi connectivity index (χ0n) is 13.6. The number of nitrogens with zero attached hydrogens (tertiary/aromatic N) is 1. The summed E-state index contributed by atoms with van der Waals surface area (Å²) >= 11 is 0. The molecule has 1 aromatic carbocycles. The van der Waals surface area contributed by atoms with Gasteiger partial charge < -0.3 is 14.1 Å². The minimum Gasteiger partial charge on any atom is -0.748 e. The third-order valence-electron chi connectivity index (χ3n) is 3.36. The molecule has 0 bridgehead atoms. The van der Waals surface area contributed by atoms with Gasteiger partial charge in [0.1, 0.15) is 15.9 Å². The summed E-state index contributed by atoms with van der Waals surface area (Å²) in [4.78, 5) is 6.63. The van der Waals surface area contributed by atoms with Crippen LogP contribution in [0.2, 0.25) is 0 Å². The fourth-order valence-electron chi connectivity index (χ4n) is 2.17. The van der Waals surface area contributed by atoms with E-state index in [9.17, 15) is 25.9 Å². The molecule has 1 heterocycles. The van der Waals surface area contributed by atoms with Crippen LogP contribution in [0.25, 0.3) is 11.0 Å². The van der Waals surface area contributed by atoms with Crippen molar-refractivity contribution < 1.29 is 129 Å². The molecule has 1 unspecified atom stereocenters. The third kappa shape index (κ3) is 7.07. The molecule has 1 aromatic heterocycles. The standard InChI is InChI=1S/C12H16N2O6S2.2K/c1-2-8(21(15,16)17)4-6-12-13-10-5-3-9(22(18,19)20)7-11(10)14-12;;/h3,5,7-8H,2,4,6H2,1H3,(H,13,14)(H,15,16,17)(H,18,19,20);;/q;2*+1/p-2. The zero-order chi connectivity index (χ0) is 16.5. The molecule has 0 radical (unpaired) electrons. The smallest absolute Gasteiger partial charge is 0.748 e. The predicted molar refractivity (Wildman–Crippen MR) is 76.2 cm³/mol. The Hall–Kier alpha value is 1.78. The average molecular weight is 425 g/mol. The Labute approximate surface area is 225 Å². The topological polar surface area (TPSA) is 143 Å². The number of aryl methyl sites for hydroxylation is 1. The fourth-order valence-corrected chi connectivity index (χ4v) is 3.48. The molecule has 0 saturated heterocycles. The minimum absolute atomic E-state index is 0. The summed E-state index contributed by atoms with van der Waals surface area (Å²) in [5.41, 5.74) is 0.824. The molecule has 0 aliphatic heterocycles. The molecular weight excluding hydrogens is 410 g/mol. The Morgan fingerprint density at radius 2 is 1.79 bits per heavy atom. The number of hydrogen-bond donors (Lipinski definition) is 1. The van der Waals surface area contributed by atoms with Gasteiger partial charge in [-0.15, -0.1) is 0 Å². The Morgan fingerprint density at radius 1 is 1.17 bits per heavy atom. The van der Waals surface area contributed by atoms with Crippen LogP contribution in [0.5, 0.6) is 0 Å². The van der Waals surface area contributed by atoms with Crippen molar-refractivity contribution in [2.75, 3.05) is 0 Å². The molecule has 1 atom stereocenters. The third-order valence-corrected chi connectivity index (χ3v) is 5.57. The normalized spacial score (nSPS) is 13.1. The number of hydrogen-bond acceptors (Lipinski definition) is 7. The van der Waals surface area contributed by atoms with Gasteiger partial charge in [-0.1, -0.05) is 6.92 Å². The zero-order valence-corrected chi connectivity index (χ0v) is 21.5. The van der Waals surface area contributed by atoms with E-state index >= 15 is 0 Å². The molecule has 0 amide bonds. The predicted octanol–water partition coefficient (Wildman–Crippen LogP) is -5.27. The molecule has 0 fully saturated rings. The van der Waals surface area contributed by atoms with Gasteiger partial charge in [-0.25, -0.2) is 21.8 Å². The van der Waals surface area contributed by atoms with E-state index in [2.05, 4.69) is 9.97 Å². The maximum Gasteiger partial charge on any atom is 1.00 e. The molecule has 0 saturated carbocycles. The van der Waals surface area contributed by atoms with Gasteiger partial charge in [0.2, 0.25) is 0 Å². The maximum absolute atomic E-state index is 11.0. The van der Waals surface area contributed by atoms with Crippen LogP contribution in [0.4, 0.5) is 0 Å². The second-order valence-electron chi connectivity index (χ2n) is 4.88. The Bertz CT molecular complexity index is 895.